The molecule has 180 valence electrons. The zero-order valence-electron chi connectivity index (χ0n) is 20.7. The Labute approximate surface area is 195 Å². The van der Waals surface area contributed by atoms with Gasteiger partial charge in [0.25, 0.3) is 0 Å². The largest absolute Gasteiger partial charge is 0.497 e. The van der Waals surface area contributed by atoms with Crippen LogP contribution in [-0.4, -0.2) is 42.7 Å². The van der Waals surface area contributed by atoms with Crippen molar-refractivity contribution in [3.63, 3.8) is 0 Å². The molecular weight excluding hydrogens is 398 g/mol. The second-order valence-corrected chi connectivity index (χ2v) is 10.3. The fraction of sp³-hybridized carbons (Fsp3) is 0.750. The fourth-order valence-corrected chi connectivity index (χ4v) is 6.54. The van der Waals surface area contributed by atoms with Crippen LogP contribution in [0.4, 0.5) is 0 Å². The van der Waals surface area contributed by atoms with Gasteiger partial charge in [0.2, 0.25) is 0 Å². The lowest BCUT2D eigenvalue weighted by Crippen LogP contribution is -2.59. The summed E-state index contributed by atoms with van der Waals surface area (Å²) in [5, 5.41) is 8.35. The Balaban J connectivity index is 0.000000210. The van der Waals surface area contributed by atoms with Gasteiger partial charge in [0.1, 0.15) is 5.75 Å². The molecule has 3 aliphatic rings. The maximum absolute atomic E-state index is 10.1. The Morgan fingerprint density at radius 1 is 1.12 bits per heavy atom. The van der Waals surface area contributed by atoms with Crippen molar-refractivity contribution in [1.29, 1.82) is 0 Å². The van der Waals surface area contributed by atoms with Gasteiger partial charge in [-0.15, -0.1) is 0 Å². The smallest absolute Gasteiger partial charge is 0.303 e. The molecule has 0 spiro atoms. The summed E-state index contributed by atoms with van der Waals surface area (Å²) in [5.41, 5.74) is 3.67. The van der Waals surface area contributed by atoms with Crippen molar-refractivity contribution in [3.05, 3.63) is 29.3 Å². The molecule has 2 aliphatic carbocycles. The zero-order valence-corrected chi connectivity index (χ0v) is 20.7. The average molecular weight is 444 g/mol. The molecule has 0 radical (unpaired) electrons. The molecule has 1 heterocycles. The summed E-state index contributed by atoms with van der Waals surface area (Å²) in [5.74, 6) is 1.25. The summed E-state index contributed by atoms with van der Waals surface area (Å²) in [6, 6.07) is 7.60. The first-order valence-electron chi connectivity index (χ1n) is 13.1. The highest BCUT2D eigenvalue weighted by molar-refractivity contribution is 5.66. The van der Waals surface area contributed by atoms with Gasteiger partial charge in [0.15, 0.2) is 0 Å². The molecule has 1 aromatic carbocycles. The Bertz CT molecular complexity index is 733. The van der Waals surface area contributed by atoms with E-state index in [4.69, 9.17) is 9.84 Å². The highest BCUT2D eigenvalue weighted by Gasteiger charge is 2.53. The lowest BCUT2D eigenvalue weighted by Gasteiger charge is -2.58. The van der Waals surface area contributed by atoms with Crippen LogP contribution in [-0.2, 0) is 16.6 Å². The van der Waals surface area contributed by atoms with Crippen LogP contribution in [0.3, 0.4) is 0 Å². The Morgan fingerprint density at radius 2 is 1.88 bits per heavy atom. The standard InChI is InChI=1S/C18H25NO.C10H20O2/c1-19-10-9-18-8-4-3-5-15(18)17(19)11-13-6-7-14(20-2)12-16(13)18;1-2-3-4-5-6-7-8-9-10(11)12/h6-7,12,15,17H,3-5,8-11H2,1-2H3;2-9H2,1H3,(H,11,12)/t15-,17+,18+;/m1./s1. The quantitative estimate of drug-likeness (QED) is 0.437. The zero-order chi connectivity index (χ0) is 23.0. The summed E-state index contributed by atoms with van der Waals surface area (Å²) < 4.78 is 5.51. The third kappa shape index (κ3) is 5.87. The number of nitrogens with zero attached hydrogens (tertiary/aromatic N) is 1. The van der Waals surface area contributed by atoms with Crippen LogP contribution >= 0.6 is 0 Å². The van der Waals surface area contributed by atoms with Crippen LogP contribution in [0.2, 0.25) is 0 Å². The molecule has 4 heteroatoms. The van der Waals surface area contributed by atoms with E-state index in [1.165, 1.54) is 77.2 Å². The molecule has 1 saturated heterocycles. The molecule has 2 fully saturated rings. The van der Waals surface area contributed by atoms with E-state index in [-0.39, 0.29) is 0 Å². The minimum Gasteiger partial charge on any atom is -0.497 e. The first-order valence-corrected chi connectivity index (χ1v) is 13.1. The maximum atomic E-state index is 10.1. The molecule has 1 N–H and O–H groups in total. The topological polar surface area (TPSA) is 49.8 Å². The van der Waals surface area contributed by atoms with Gasteiger partial charge in [-0.3, -0.25) is 4.79 Å². The molecule has 0 aromatic heterocycles. The molecule has 2 bridgehead atoms. The summed E-state index contributed by atoms with van der Waals surface area (Å²) in [4.78, 5) is 12.8. The van der Waals surface area contributed by atoms with Crippen molar-refractivity contribution in [2.75, 3.05) is 20.7 Å². The second kappa shape index (κ2) is 12.1. The van der Waals surface area contributed by atoms with Crippen LogP contribution in [0.1, 0.15) is 102 Å². The van der Waals surface area contributed by atoms with Crippen molar-refractivity contribution >= 4 is 5.97 Å². The number of benzene rings is 1. The van der Waals surface area contributed by atoms with E-state index in [9.17, 15) is 4.79 Å². The lowest BCUT2D eigenvalue weighted by atomic mass is 9.52. The van der Waals surface area contributed by atoms with Crippen LogP contribution in [0.15, 0.2) is 18.2 Å². The van der Waals surface area contributed by atoms with Gasteiger partial charge in [0, 0.05) is 17.9 Å². The fourth-order valence-electron chi connectivity index (χ4n) is 6.54. The van der Waals surface area contributed by atoms with E-state index >= 15 is 0 Å². The van der Waals surface area contributed by atoms with Crippen molar-refractivity contribution < 1.29 is 14.6 Å². The van der Waals surface area contributed by atoms with Crippen molar-refractivity contribution in [2.24, 2.45) is 5.92 Å². The molecule has 3 atom stereocenters. The van der Waals surface area contributed by atoms with E-state index in [1.54, 1.807) is 18.2 Å². The minimum atomic E-state index is -0.663. The normalized spacial score (nSPS) is 26.3. The lowest BCUT2D eigenvalue weighted by molar-refractivity contribution is -0.137. The van der Waals surface area contributed by atoms with Gasteiger partial charge >= 0.3 is 5.97 Å². The Kier molecular flexibility index (Phi) is 9.46. The molecule has 0 amide bonds. The number of ether oxygens (including phenoxy) is 1. The Hall–Kier alpha value is -1.55. The molecule has 1 aromatic rings. The number of aliphatic carboxylic acids is 1. The number of likely N-dealkylation sites (tertiary alicyclic amines) is 1. The summed E-state index contributed by atoms with van der Waals surface area (Å²) >= 11 is 0. The van der Waals surface area contributed by atoms with Crippen LogP contribution in [0, 0.1) is 5.92 Å². The van der Waals surface area contributed by atoms with Crippen LogP contribution in [0.5, 0.6) is 5.75 Å². The van der Waals surface area contributed by atoms with Crippen molar-refractivity contribution in [2.45, 2.75) is 108 Å². The van der Waals surface area contributed by atoms with E-state index < -0.39 is 5.97 Å². The average Bonchev–Trinajstić information content (AvgIpc) is 2.81. The van der Waals surface area contributed by atoms with Gasteiger partial charge in [-0.1, -0.05) is 64.4 Å². The molecule has 4 rings (SSSR count). The third-order valence-electron chi connectivity index (χ3n) is 8.32. The number of piperidine rings is 1. The van der Waals surface area contributed by atoms with Gasteiger partial charge in [-0.25, -0.2) is 0 Å². The number of hydrogen-bond donors (Lipinski definition) is 1. The number of carboxylic acid groups (broad SMARTS) is 1. The van der Waals surface area contributed by atoms with Crippen molar-refractivity contribution in [1.82, 2.24) is 4.90 Å². The molecule has 0 unspecified atom stereocenters. The van der Waals surface area contributed by atoms with Gasteiger partial charge < -0.3 is 14.7 Å². The number of carboxylic acids is 1. The van der Waals surface area contributed by atoms with Crippen LogP contribution < -0.4 is 4.74 Å². The first kappa shape index (κ1) is 25.1. The number of hydrogen-bond acceptors (Lipinski definition) is 3. The van der Waals surface area contributed by atoms with Gasteiger partial charge in [-0.05, 0) is 74.9 Å². The number of methoxy groups -OCH3 is 1. The third-order valence-corrected chi connectivity index (χ3v) is 8.32. The molecule has 4 nitrogen and oxygen atoms in total. The summed E-state index contributed by atoms with van der Waals surface area (Å²) in [6.45, 7) is 3.46. The van der Waals surface area contributed by atoms with E-state index in [0.29, 0.717) is 11.8 Å². The number of likely N-dealkylation sites (N-methyl/N-ethyl adjacent to an activating group) is 1. The highest BCUT2D eigenvalue weighted by atomic mass is 16.5. The number of rotatable bonds is 9. The molecule has 1 aliphatic heterocycles. The van der Waals surface area contributed by atoms with Gasteiger partial charge in [-0.2, -0.15) is 0 Å². The Morgan fingerprint density at radius 3 is 2.59 bits per heavy atom. The monoisotopic (exact) mass is 443 g/mol. The SMILES string of the molecule is CCCCCCCCCC(=O)O.COc1ccc2c(c1)[C@]13CCCC[C@@H]1[C@H](C2)N(C)CC3. The summed E-state index contributed by atoms with van der Waals surface area (Å²) in [7, 11) is 4.12. The predicted molar refractivity (Wildman–Crippen MR) is 132 cm³/mol. The van der Waals surface area contributed by atoms with Crippen LogP contribution in [0.25, 0.3) is 0 Å². The minimum absolute atomic E-state index is 0.341. The number of fused-ring (bicyclic) bond motifs is 1. The van der Waals surface area contributed by atoms with Crippen molar-refractivity contribution in [3.8, 4) is 5.75 Å². The molecule has 32 heavy (non-hydrogen) atoms. The summed E-state index contributed by atoms with van der Waals surface area (Å²) in [6.07, 6.45) is 16.9. The maximum Gasteiger partial charge on any atom is 0.303 e. The van der Waals surface area contributed by atoms with E-state index in [0.717, 1.165) is 30.6 Å². The molecular formula is C28H45NO3. The first-order chi connectivity index (χ1) is 15.5. The van der Waals surface area contributed by atoms with Gasteiger partial charge in [0.05, 0.1) is 7.11 Å². The predicted octanol–water partition coefficient (Wildman–Crippen LogP) is 6.60. The molecule has 1 saturated carbocycles. The van der Waals surface area contributed by atoms with E-state index in [2.05, 4.69) is 37.1 Å². The van der Waals surface area contributed by atoms with E-state index in [1.807, 2.05) is 0 Å². The number of carbonyl (C=O) groups is 1. The highest BCUT2D eigenvalue weighted by Crippen LogP contribution is 2.55. The second-order valence-electron chi connectivity index (χ2n) is 10.3. The number of unbranched alkanes of at least 4 members (excludes halogenated alkanes) is 6.